The lowest BCUT2D eigenvalue weighted by Gasteiger charge is -2.29. The first-order valence-corrected chi connectivity index (χ1v) is 6.64. The molecule has 0 aromatic carbocycles. The van der Waals surface area contributed by atoms with Gasteiger partial charge in [-0.1, -0.05) is 0 Å². The van der Waals surface area contributed by atoms with Gasteiger partial charge in [0, 0.05) is 25.4 Å². The van der Waals surface area contributed by atoms with Gasteiger partial charge in [-0.05, 0) is 19.4 Å². The van der Waals surface area contributed by atoms with E-state index in [1.165, 1.54) is 18.3 Å². The van der Waals surface area contributed by atoms with Crippen molar-refractivity contribution >= 4 is 22.4 Å². The number of aliphatic hydroxyl groups is 1. The molecular formula is C11H17N3O2S. The number of carbonyl (C=O) groups is 1. The molecule has 2 heterocycles. The molecular weight excluding hydrogens is 238 g/mol. The number of nitrogens with one attached hydrogen (secondary N) is 1. The molecule has 1 aliphatic rings. The number of thiazole rings is 1. The van der Waals surface area contributed by atoms with Gasteiger partial charge in [0.25, 0.3) is 0 Å². The Morgan fingerprint density at radius 3 is 3.29 bits per heavy atom. The van der Waals surface area contributed by atoms with Crippen LogP contribution in [0.5, 0.6) is 0 Å². The van der Waals surface area contributed by atoms with Crippen LogP contribution in [0.3, 0.4) is 0 Å². The normalized spacial score (nSPS) is 21.4. The van der Waals surface area contributed by atoms with Crippen molar-refractivity contribution < 1.29 is 9.90 Å². The Balaban J connectivity index is 1.89. The van der Waals surface area contributed by atoms with Crippen LogP contribution in [0.15, 0.2) is 5.38 Å². The predicted molar refractivity (Wildman–Crippen MR) is 66.9 cm³/mol. The van der Waals surface area contributed by atoms with Crippen molar-refractivity contribution in [3.63, 3.8) is 0 Å². The molecule has 0 bridgehead atoms. The molecule has 1 atom stereocenters. The van der Waals surface area contributed by atoms with E-state index in [0.29, 0.717) is 11.7 Å². The zero-order valence-corrected chi connectivity index (χ0v) is 10.7. The third kappa shape index (κ3) is 3.76. The topological polar surface area (TPSA) is 65.5 Å². The van der Waals surface area contributed by atoms with E-state index in [2.05, 4.69) is 15.2 Å². The van der Waals surface area contributed by atoms with Crippen molar-refractivity contribution in [1.29, 1.82) is 0 Å². The summed E-state index contributed by atoms with van der Waals surface area (Å²) in [4.78, 5) is 17.4. The van der Waals surface area contributed by atoms with Crippen LogP contribution in [0.25, 0.3) is 0 Å². The first-order chi connectivity index (χ1) is 8.13. The Labute approximate surface area is 104 Å². The monoisotopic (exact) mass is 255 g/mol. The summed E-state index contributed by atoms with van der Waals surface area (Å²) in [7, 11) is 0. The number of aliphatic hydroxyl groups excluding tert-OH is 1. The predicted octanol–water partition coefficient (Wildman–Crippen LogP) is 1.06. The molecule has 17 heavy (non-hydrogen) atoms. The van der Waals surface area contributed by atoms with E-state index in [1.807, 2.05) is 5.38 Å². The molecule has 2 N–H and O–H groups in total. The van der Waals surface area contributed by atoms with Gasteiger partial charge in [-0.3, -0.25) is 9.69 Å². The van der Waals surface area contributed by atoms with Gasteiger partial charge in [0.15, 0.2) is 5.13 Å². The minimum atomic E-state index is -0.211. The molecule has 0 saturated carbocycles. The van der Waals surface area contributed by atoms with Crippen LogP contribution in [0.1, 0.15) is 25.5 Å². The minimum Gasteiger partial charge on any atom is -0.392 e. The number of piperidine rings is 1. The number of β-amino-alcohol motifs (C(OH)–C–C–N with tert-alkyl or cyclic N) is 1. The maximum absolute atomic E-state index is 10.9. The van der Waals surface area contributed by atoms with E-state index < -0.39 is 0 Å². The molecule has 94 valence electrons. The summed E-state index contributed by atoms with van der Waals surface area (Å²) in [5, 5.41) is 14.8. The summed E-state index contributed by atoms with van der Waals surface area (Å²) in [6.45, 7) is 3.94. The number of carbonyl (C=O) groups excluding carboxylic acids is 1. The Morgan fingerprint density at radius 1 is 1.76 bits per heavy atom. The van der Waals surface area contributed by atoms with Gasteiger partial charge < -0.3 is 10.4 Å². The van der Waals surface area contributed by atoms with Crippen LogP contribution in [0.4, 0.5) is 5.13 Å². The molecule has 0 radical (unpaired) electrons. The molecule has 1 aliphatic heterocycles. The van der Waals surface area contributed by atoms with Crippen LogP contribution >= 0.6 is 11.3 Å². The Kier molecular flexibility index (Phi) is 4.09. The number of amides is 1. The summed E-state index contributed by atoms with van der Waals surface area (Å²) in [6, 6.07) is 0. The highest BCUT2D eigenvalue weighted by Gasteiger charge is 2.18. The van der Waals surface area contributed by atoms with Crippen molar-refractivity contribution in [2.45, 2.75) is 32.4 Å². The highest BCUT2D eigenvalue weighted by molar-refractivity contribution is 7.13. The lowest BCUT2D eigenvalue weighted by Crippen LogP contribution is -2.37. The zero-order chi connectivity index (χ0) is 12.3. The quantitative estimate of drug-likeness (QED) is 0.847. The summed E-state index contributed by atoms with van der Waals surface area (Å²) >= 11 is 1.44. The zero-order valence-electron chi connectivity index (χ0n) is 9.85. The highest BCUT2D eigenvalue weighted by Crippen LogP contribution is 2.18. The second kappa shape index (κ2) is 5.57. The highest BCUT2D eigenvalue weighted by atomic mass is 32.1. The molecule has 1 saturated heterocycles. The standard InChI is InChI=1S/C11H17N3O2S/c1-8(15)12-11-13-9(7-17-11)5-14-4-2-3-10(16)6-14/h7,10,16H,2-6H2,1H3,(H,12,13,15)/t10-/m0/s1. The second-order valence-electron chi connectivity index (χ2n) is 4.36. The number of nitrogens with zero attached hydrogens (tertiary/aromatic N) is 2. The van der Waals surface area contributed by atoms with Gasteiger partial charge in [-0.15, -0.1) is 11.3 Å². The smallest absolute Gasteiger partial charge is 0.223 e. The number of aromatic nitrogens is 1. The van der Waals surface area contributed by atoms with Crippen molar-refractivity contribution in [2.75, 3.05) is 18.4 Å². The second-order valence-corrected chi connectivity index (χ2v) is 5.21. The molecule has 5 nitrogen and oxygen atoms in total. The van der Waals surface area contributed by atoms with E-state index in [9.17, 15) is 9.90 Å². The van der Waals surface area contributed by atoms with Crippen LogP contribution in [0, 0.1) is 0 Å². The van der Waals surface area contributed by atoms with Crippen molar-refractivity contribution in [3.8, 4) is 0 Å². The fourth-order valence-electron chi connectivity index (χ4n) is 1.99. The Bertz CT molecular complexity index is 394. The van der Waals surface area contributed by atoms with Crippen LogP contribution in [-0.2, 0) is 11.3 Å². The Morgan fingerprint density at radius 2 is 2.59 bits per heavy atom. The largest absolute Gasteiger partial charge is 0.392 e. The summed E-state index contributed by atoms with van der Waals surface area (Å²) in [6.07, 6.45) is 1.71. The summed E-state index contributed by atoms with van der Waals surface area (Å²) in [5.41, 5.74) is 0.952. The molecule has 0 aliphatic carbocycles. The fourth-order valence-corrected chi connectivity index (χ4v) is 2.74. The molecule has 0 unspecified atom stereocenters. The van der Waals surface area contributed by atoms with E-state index >= 15 is 0 Å². The van der Waals surface area contributed by atoms with E-state index in [1.54, 1.807) is 0 Å². The molecule has 1 fully saturated rings. The SMILES string of the molecule is CC(=O)Nc1nc(CN2CCC[C@H](O)C2)cs1. The van der Waals surface area contributed by atoms with Crippen molar-refractivity contribution in [3.05, 3.63) is 11.1 Å². The molecule has 1 amide bonds. The fraction of sp³-hybridized carbons (Fsp3) is 0.636. The van der Waals surface area contributed by atoms with Crippen LogP contribution in [0.2, 0.25) is 0 Å². The number of hydrogen-bond acceptors (Lipinski definition) is 5. The number of rotatable bonds is 3. The molecule has 1 aromatic rings. The lowest BCUT2D eigenvalue weighted by molar-refractivity contribution is -0.114. The summed E-state index contributed by atoms with van der Waals surface area (Å²) < 4.78 is 0. The number of anilines is 1. The van der Waals surface area contributed by atoms with E-state index in [4.69, 9.17) is 0 Å². The van der Waals surface area contributed by atoms with Crippen LogP contribution < -0.4 is 5.32 Å². The molecule has 6 heteroatoms. The summed E-state index contributed by atoms with van der Waals surface area (Å²) in [5.74, 6) is -0.0979. The minimum absolute atomic E-state index is 0.0979. The van der Waals surface area contributed by atoms with Crippen molar-refractivity contribution in [2.24, 2.45) is 0 Å². The van der Waals surface area contributed by atoms with Crippen molar-refractivity contribution in [1.82, 2.24) is 9.88 Å². The van der Waals surface area contributed by atoms with Gasteiger partial charge >= 0.3 is 0 Å². The lowest BCUT2D eigenvalue weighted by atomic mass is 10.1. The third-order valence-electron chi connectivity index (χ3n) is 2.70. The van der Waals surface area contributed by atoms with Gasteiger partial charge in [0.1, 0.15) is 0 Å². The molecule has 2 rings (SSSR count). The molecule has 0 spiro atoms. The van der Waals surface area contributed by atoms with Gasteiger partial charge in [-0.25, -0.2) is 4.98 Å². The average molecular weight is 255 g/mol. The Hall–Kier alpha value is -0.980. The number of likely N-dealkylation sites (tertiary alicyclic amines) is 1. The van der Waals surface area contributed by atoms with Gasteiger partial charge in [0.2, 0.25) is 5.91 Å². The van der Waals surface area contributed by atoms with Crippen LogP contribution in [-0.4, -0.2) is 40.1 Å². The number of hydrogen-bond donors (Lipinski definition) is 2. The van der Waals surface area contributed by atoms with Gasteiger partial charge in [0.05, 0.1) is 11.8 Å². The maximum Gasteiger partial charge on any atom is 0.223 e. The first-order valence-electron chi connectivity index (χ1n) is 5.76. The first kappa shape index (κ1) is 12.5. The average Bonchev–Trinajstić information content (AvgIpc) is 2.64. The van der Waals surface area contributed by atoms with E-state index in [-0.39, 0.29) is 12.0 Å². The van der Waals surface area contributed by atoms with E-state index in [0.717, 1.165) is 31.6 Å². The maximum atomic E-state index is 10.9. The van der Waals surface area contributed by atoms with Gasteiger partial charge in [-0.2, -0.15) is 0 Å². The molecule has 1 aromatic heterocycles. The third-order valence-corrected chi connectivity index (χ3v) is 3.51.